The number of fused-ring (bicyclic) bond motifs is 1. The maximum Gasteiger partial charge on any atom is 0.0793 e. The number of aryl methyl sites for hydroxylation is 1. The molecule has 1 aliphatic rings. The Morgan fingerprint density at radius 1 is 1.22 bits per heavy atom. The maximum atomic E-state index is 10.1. The first-order valence-electron chi connectivity index (χ1n) is 7.32. The van der Waals surface area contributed by atoms with Crippen molar-refractivity contribution in [3.8, 4) is 0 Å². The van der Waals surface area contributed by atoms with Gasteiger partial charge in [0.05, 0.1) is 6.10 Å². The van der Waals surface area contributed by atoms with E-state index in [0.29, 0.717) is 0 Å². The molecule has 2 rings (SSSR count). The number of hydrogen-bond donors (Lipinski definition) is 1. The van der Waals surface area contributed by atoms with Crippen molar-refractivity contribution in [1.82, 2.24) is 0 Å². The summed E-state index contributed by atoms with van der Waals surface area (Å²) in [5.74, 6) is 0. The third kappa shape index (κ3) is 2.86. The van der Waals surface area contributed by atoms with Crippen molar-refractivity contribution >= 4 is 5.69 Å². The minimum absolute atomic E-state index is 0.251. The summed E-state index contributed by atoms with van der Waals surface area (Å²) in [5, 5.41) is 10.1. The van der Waals surface area contributed by atoms with Gasteiger partial charge in [-0.1, -0.05) is 19.9 Å². The van der Waals surface area contributed by atoms with Gasteiger partial charge < -0.3 is 10.0 Å². The number of aliphatic hydroxyl groups is 1. The molecule has 0 amide bonds. The van der Waals surface area contributed by atoms with Gasteiger partial charge >= 0.3 is 0 Å². The number of benzene rings is 1. The average Bonchev–Trinajstić information content (AvgIpc) is 2.39. The molecule has 0 radical (unpaired) electrons. The molecule has 1 unspecified atom stereocenters. The van der Waals surface area contributed by atoms with E-state index in [1.165, 1.54) is 24.1 Å². The van der Waals surface area contributed by atoms with Crippen LogP contribution in [-0.2, 0) is 6.42 Å². The predicted molar refractivity (Wildman–Crippen MR) is 77.1 cm³/mol. The van der Waals surface area contributed by atoms with E-state index in [1.54, 1.807) is 0 Å². The van der Waals surface area contributed by atoms with Gasteiger partial charge in [0.1, 0.15) is 0 Å². The molecule has 0 aromatic heterocycles. The van der Waals surface area contributed by atoms with Gasteiger partial charge in [-0.05, 0) is 55.4 Å². The summed E-state index contributed by atoms with van der Waals surface area (Å²) < 4.78 is 0. The van der Waals surface area contributed by atoms with E-state index >= 15 is 0 Å². The van der Waals surface area contributed by atoms with E-state index in [0.717, 1.165) is 37.9 Å². The second kappa shape index (κ2) is 6.24. The fourth-order valence-corrected chi connectivity index (χ4v) is 2.87. The lowest BCUT2D eigenvalue weighted by molar-refractivity contribution is 0.156. The van der Waals surface area contributed by atoms with Crippen molar-refractivity contribution in [2.45, 2.75) is 52.1 Å². The van der Waals surface area contributed by atoms with Crippen LogP contribution in [0.3, 0.4) is 0 Å². The van der Waals surface area contributed by atoms with Gasteiger partial charge in [-0.25, -0.2) is 0 Å². The molecule has 18 heavy (non-hydrogen) atoms. The maximum absolute atomic E-state index is 10.1. The molecule has 0 spiro atoms. The van der Waals surface area contributed by atoms with Crippen LogP contribution in [0.2, 0.25) is 0 Å². The van der Waals surface area contributed by atoms with Crippen LogP contribution in [0.1, 0.15) is 56.8 Å². The highest BCUT2D eigenvalue weighted by Crippen LogP contribution is 2.32. The Hall–Kier alpha value is -1.02. The van der Waals surface area contributed by atoms with Crippen molar-refractivity contribution in [2.75, 3.05) is 18.0 Å². The highest BCUT2D eigenvalue weighted by atomic mass is 16.3. The van der Waals surface area contributed by atoms with Crippen molar-refractivity contribution < 1.29 is 5.11 Å². The van der Waals surface area contributed by atoms with Gasteiger partial charge in [-0.3, -0.25) is 0 Å². The Bertz CT molecular complexity index is 383. The predicted octanol–water partition coefficient (Wildman–Crippen LogP) is 3.68. The summed E-state index contributed by atoms with van der Waals surface area (Å²) in [4.78, 5) is 2.43. The van der Waals surface area contributed by atoms with E-state index in [2.05, 4.69) is 36.9 Å². The van der Waals surface area contributed by atoms with Crippen LogP contribution >= 0.6 is 0 Å². The molecule has 1 aliphatic carbocycles. The topological polar surface area (TPSA) is 23.5 Å². The lowest BCUT2D eigenvalue weighted by Crippen LogP contribution is -2.25. The molecular formula is C16H25NO. The summed E-state index contributed by atoms with van der Waals surface area (Å²) in [7, 11) is 0. The Balaban J connectivity index is 2.25. The van der Waals surface area contributed by atoms with Crippen LogP contribution in [0.25, 0.3) is 0 Å². The van der Waals surface area contributed by atoms with Gasteiger partial charge in [0.2, 0.25) is 0 Å². The molecule has 2 heteroatoms. The Morgan fingerprint density at radius 2 is 1.94 bits per heavy atom. The molecule has 100 valence electrons. The summed E-state index contributed by atoms with van der Waals surface area (Å²) in [6, 6.07) is 6.65. The molecule has 0 saturated carbocycles. The van der Waals surface area contributed by atoms with Crippen LogP contribution in [0.5, 0.6) is 0 Å². The highest BCUT2D eigenvalue weighted by Gasteiger charge is 2.19. The minimum Gasteiger partial charge on any atom is -0.388 e. The van der Waals surface area contributed by atoms with Gasteiger partial charge in [0, 0.05) is 18.8 Å². The molecule has 0 heterocycles. The first-order valence-corrected chi connectivity index (χ1v) is 7.32. The zero-order valence-corrected chi connectivity index (χ0v) is 11.7. The monoisotopic (exact) mass is 247 g/mol. The zero-order chi connectivity index (χ0) is 13.0. The zero-order valence-electron chi connectivity index (χ0n) is 11.7. The molecule has 0 aliphatic heterocycles. The SMILES string of the molecule is CCCN(CCC)c1ccc2c(c1)C(O)CCC2. The standard InChI is InChI=1S/C16H25NO/c1-3-10-17(11-4-2)14-9-8-13-6-5-7-16(18)15(13)12-14/h8-9,12,16,18H,3-7,10-11H2,1-2H3. The third-order valence-electron chi connectivity index (χ3n) is 3.76. The Labute approximate surface area is 111 Å². The van der Waals surface area contributed by atoms with Gasteiger partial charge in [0.15, 0.2) is 0 Å². The molecule has 1 aromatic rings. The molecule has 0 saturated heterocycles. The van der Waals surface area contributed by atoms with Gasteiger partial charge in [-0.2, -0.15) is 0 Å². The summed E-state index contributed by atoms with van der Waals surface area (Å²) in [6.45, 7) is 6.64. The first kappa shape index (κ1) is 13.4. The number of nitrogens with zero attached hydrogens (tertiary/aromatic N) is 1. The van der Waals surface area contributed by atoms with Crippen molar-refractivity contribution in [2.24, 2.45) is 0 Å². The largest absolute Gasteiger partial charge is 0.388 e. The molecule has 0 fully saturated rings. The Kier molecular flexibility index (Phi) is 4.65. The van der Waals surface area contributed by atoms with E-state index in [9.17, 15) is 5.11 Å². The van der Waals surface area contributed by atoms with Gasteiger partial charge in [0.25, 0.3) is 0 Å². The Morgan fingerprint density at radius 3 is 2.61 bits per heavy atom. The van der Waals surface area contributed by atoms with Crippen LogP contribution in [0, 0.1) is 0 Å². The number of rotatable bonds is 5. The van der Waals surface area contributed by atoms with E-state index in [4.69, 9.17) is 0 Å². The van der Waals surface area contributed by atoms with Crippen LogP contribution in [0.15, 0.2) is 18.2 Å². The smallest absolute Gasteiger partial charge is 0.0793 e. The number of anilines is 1. The van der Waals surface area contributed by atoms with Crippen LogP contribution < -0.4 is 4.90 Å². The summed E-state index contributed by atoms with van der Waals surface area (Å²) in [5.41, 5.74) is 3.78. The van der Waals surface area contributed by atoms with E-state index < -0.39 is 0 Å². The highest BCUT2D eigenvalue weighted by molar-refractivity contribution is 5.52. The normalized spacial score (nSPS) is 18.5. The third-order valence-corrected chi connectivity index (χ3v) is 3.76. The quantitative estimate of drug-likeness (QED) is 0.858. The number of hydrogen-bond acceptors (Lipinski definition) is 2. The number of aliphatic hydroxyl groups excluding tert-OH is 1. The summed E-state index contributed by atoms with van der Waals surface area (Å²) in [6.07, 6.45) is 5.23. The molecule has 1 aromatic carbocycles. The first-order chi connectivity index (χ1) is 8.76. The molecule has 1 atom stereocenters. The fraction of sp³-hybridized carbons (Fsp3) is 0.625. The second-order valence-electron chi connectivity index (χ2n) is 5.28. The average molecular weight is 247 g/mol. The van der Waals surface area contributed by atoms with E-state index in [-0.39, 0.29) is 6.10 Å². The van der Waals surface area contributed by atoms with Crippen LogP contribution in [0.4, 0.5) is 5.69 Å². The molecule has 2 nitrogen and oxygen atoms in total. The van der Waals surface area contributed by atoms with Crippen molar-refractivity contribution in [3.05, 3.63) is 29.3 Å². The van der Waals surface area contributed by atoms with E-state index in [1.807, 2.05) is 0 Å². The second-order valence-corrected chi connectivity index (χ2v) is 5.28. The lowest BCUT2D eigenvalue weighted by Gasteiger charge is -2.27. The molecule has 0 bridgehead atoms. The van der Waals surface area contributed by atoms with Crippen molar-refractivity contribution in [1.29, 1.82) is 0 Å². The minimum atomic E-state index is -0.251. The van der Waals surface area contributed by atoms with Crippen LogP contribution in [-0.4, -0.2) is 18.2 Å². The van der Waals surface area contributed by atoms with Gasteiger partial charge in [-0.15, -0.1) is 0 Å². The lowest BCUT2D eigenvalue weighted by atomic mass is 9.89. The molecular weight excluding hydrogens is 222 g/mol. The van der Waals surface area contributed by atoms with Crippen molar-refractivity contribution in [3.63, 3.8) is 0 Å². The molecule has 1 N–H and O–H groups in total. The fourth-order valence-electron chi connectivity index (χ4n) is 2.87. The summed E-state index contributed by atoms with van der Waals surface area (Å²) >= 11 is 0.